The maximum absolute atomic E-state index is 12.2. The van der Waals surface area contributed by atoms with Crippen LogP contribution in [0.5, 0.6) is 0 Å². The number of ether oxygens (including phenoxy) is 1. The second kappa shape index (κ2) is 8.87. The van der Waals surface area contributed by atoms with Crippen molar-refractivity contribution in [2.24, 2.45) is 0 Å². The van der Waals surface area contributed by atoms with Crippen LogP contribution in [0.25, 0.3) is 0 Å². The second-order valence-corrected chi connectivity index (χ2v) is 7.98. The summed E-state index contributed by atoms with van der Waals surface area (Å²) >= 11 is 0.549. The summed E-state index contributed by atoms with van der Waals surface area (Å²) in [4.78, 5) is 12.2. The number of hydrogen-bond donors (Lipinski definition) is 1. The topological polar surface area (TPSA) is 92.6 Å². The van der Waals surface area contributed by atoms with E-state index in [0.717, 1.165) is 25.2 Å². The van der Waals surface area contributed by atoms with Crippen molar-refractivity contribution in [2.45, 2.75) is 6.42 Å². The van der Waals surface area contributed by atoms with E-state index < -0.39 is 17.2 Å². The number of benzene rings is 2. The predicted octanol–water partition coefficient (Wildman–Crippen LogP) is 3.79. The number of halogens is 1. The Morgan fingerprint density at radius 2 is 2.00 bits per heavy atom. The van der Waals surface area contributed by atoms with Gasteiger partial charge in [-0.15, -0.1) is 0 Å². The zero-order valence-corrected chi connectivity index (χ0v) is 17.8. The summed E-state index contributed by atoms with van der Waals surface area (Å²) < 4.78 is 37.4. The molecule has 0 aliphatic rings. The molecule has 0 aliphatic heterocycles. The van der Waals surface area contributed by atoms with Crippen LogP contribution in [0.4, 0.5) is 11.5 Å². The Bertz CT molecular complexity index is 981. The molecule has 27 heavy (non-hydrogen) atoms. The first kappa shape index (κ1) is 19.9. The fourth-order valence-corrected chi connectivity index (χ4v) is 4.17. The van der Waals surface area contributed by atoms with Gasteiger partial charge in [-0.2, -0.15) is 8.75 Å². The molecule has 3 rings (SSSR count). The molecule has 0 amide bonds. The quantitative estimate of drug-likeness (QED) is 0.305. The molecule has 0 aliphatic carbocycles. The maximum atomic E-state index is 12.2. The number of aromatic nitrogens is 2. The van der Waals surface area contributed by atoms with Crippen LogP contribution in [0, 0.1) is 3.57 Å². The minimum atomic E-state index is -2.46. The third-order valence-electron chi connectivity index (χ3n) is 3.68. The van der Waals surface area contributed by atoms with Crippen molar-refractivity contribution in [3.63, 3.8) is 0 Å². The molecule has 0 bridgehead atoms. The molecular weight excluding hydrogens is 501 g/mol. The molecule has 140 valence electrons. The van der Waals surface area contributed by atoms with E-state index in [9.17, 15) is 13.6 Å². The van der Waals surface area contributed by atoms with Gasteiger partial charge >= 0.3 is 5.97 Å². The smallest absolute Gasteiger partial charge is 0.340 e. The van der Waals surface area contributed by atoms with Crippen LogP contribution in [0.15, 0.2) is 48.5 Å². The van der Waals surface area contributed by atoms with Crippen LogP contribution in [-0.2, 0) is 22.4 Å². The SMILES string of the molecule is COC(=O)c1ccc(I)cc1N(c1nsnc1Cc1ccccc1)S(=O)O. The zero-order valence-electron chi connectivity index (χ0n) is 14.0. The van der Waals surface area contributed by atoms with E-state index >= 15 is 0 Å². The molecular formula is C17H14IN3O4S2. The molecule has 0 radical (unpaired) electrons. The number of hydrogen-bond acceptors (Lipinski definition) is 6. The number of nitrogens with zero attached hydrogens (tertiary/aromatic N) is 3. The van der Waals surface area contributed by atoms with E-state index in [1.54, 1.807) is 18.2 Å². The van der Waals surface area contributed by atoms with Gasteiger partial charge in [0.1, 0.15) is 5.69 Å². The minimum absolute atomic E-state index is 0.166. The van der Waals surface area contributed by atoms with Crippen LogP contribution in [0.3, 0.4) is 0 Å². The number of rotatable bonds is 6. The van der Waals surface area contributed by atoms with Crippen molar-refractivity contribution in [1.29, 1.82) is 0 Å². The molecule has 1 N–H and O–H groups in total. The van der Waals surface area contributed by atoms with Gasteiger partial charge in [0.2, 0.25) is 0 Å². The van der Waals surface area contributed by atoms with Gasteiger partial charge in [-0.05, 0) is 46.4 Å². The summed E-state index contributed by atoms with van der Waals surface area (Å²) in [6, 6.07) is 14.5. The molecule has 0 saturated carbocycles. The standard InChI is InChI=1S/C17H14IN3O4S2/c1-25-17(22)13-8-7-12(18)10-15(13)21(27(23)24)16-14(19-26-20-16)9-11-5-3-2-4-6-11/h2-8,10H,9H2,1H3,(H,23,24). The van der Waals surface area contributed by atoms with Crippen molar-refractivity contribution < 1.29 is 18.3 Å². The average molecular weight is 515 g/mol. The van der Waals surface area contributed by atoms with Crippen LogP contribution in [-0.4, -0.2) is 30.6 Å². The van der Waals surface area contributed by atoms with Gasteiger partial charge in [0.25, 0.3) is 11.3 Å². The van der Waals surface area contributed by atoms with Gasteiger partial charge in [0.15, 0.2) is 5.82 Å². The Labute approximate surface area is 176 Å². The van der Waals surface area contributed by atoms with Gasteiger partial charge < -0.3 is 4.74 Å². The van der Waals surface area contributed by atoms with E-state index in [0.29, 0.717) is 12.1 Å². The van der Waals surface area contributed by atoms with Crippen molar-refractivity contribution in [3.8, 4) is 0 Å². The molecule has 1 unspecified atom stereocenters. The second-order valence-electron chi connectivity index (χ2n) is 5.38. The van der Waals surface area contributed by atoms with Gasteiger partial charge in [-0.25, -0.2) is 13.3 Å². The van der Waals surface area contributed by atoms with Crippen LogP contribution in [0.1, 0.15) is 21.6 Å². The minimum Gasteiger partial charge on any atom is -0.465 e. The Morgan fingerprint density at radius 1 is 1.26 bits per heavy atom. The predicted molar refractivity (Wildman–Crippen MR) is 113 cm³/mol. The third kappa shape index (κ3) is 4.51. The Morgan fingerprint density at radius 3 is 2.67 bits per heavy atom. The average Bonchev–Trinajstić information content (AvgIpc) is 3.09. The summed E-state index contributed by atoms with van der Waals surface area (Å²) in [7, 11) is 1.26. The number of carbonyl (C=O) groups is 1. The van der Waals surface area contributed by atoms with E-state index in [1.807, 2.05) is 30.3 Å². The summed E-state index contributed by atoms with van der Waals surface area (Å²) in [6.07, 6.45) is 0.442. The monoisotopic (exact) mass is 515 g/mol. The lowest BCUT2D eigenvalue weighted by atomic mass is 10.1. The fourth-order valence-electron chi connectivity index (χ4n) is 2.48. The van der Waals surface area contributed by atoms with E-state index in [4.69, 9.17) is 4.74 Å². The molecule has 1 heterocycles. The van der Waals surface area contributed by atoms with Crippen LogP contribution in [0.2, 0.25) is 0 Å². The summed E-state index contributed by atoms with van der Waals surface area (Å²) in [5.41, 5.74) is 1.94. The Kier molecular flexibility index (Phi) is 6.52. The Hall–Kier alpha value is -1.89. The third-order valence-corrected chi connectivity index (χ3v) is 5.59. The molecule has 3 aromatic rings. The summed E-state index contributed by atoms with van der Waals surface area (Å²) in [6.45, 7) is 0. The molecule has 7 nitrogen and oxygen atoms in total. The van der Waals surface area contributed by atoms with Gasteiger partial charge in [0, 0.05) is 9.99 Å². The molecule has 0 spiro atoms. The summed E-state index contributed by atoms with van der Waals surface area (Å²) in [5, 5.41) is 0. The van der Waals surface area contributed by atoms with Gasteiger partial charge in [-0.3, -0.25) is 4.55 Å². The van der Waals surface area contributed by atoms with Crippen molar-refractivity contribution >= 4 is 63.1 Å². The molecule has 10 heteroatoms. The van der Waals surface area contributed by atoms with Crippen LogP contribution < -0.4 is 4.31 Å². The molecule has 0 fully saturated rings. The highest BCUT2D eigenvalue weighted by Crippen LogP contribution is 2.33. The van der Waals surface area contributed by atoms with E-state index in [1.165, 1.54) is 7.11 Å². The normalized spacial score (nSPS) is 11.8. The number of anilines is 2. The lowest BCUT2D eigenvalue weighted by Crippen LogP contribution is -2.23. The van der Waals surface area contributed by atoms with Crippen molar-refractivity contribution in [3.05, 3.63) is 68.9 Å². The first-order chi connectivity index (χ1) is 13.0. The first-order valence-electron chi connectivity index (χ1n) is 7.65. The zero-order chi connectivity index (χ0) is 19.4. The fraction of sp³-hybridized carbons (Fsp3) is 0.118. The van der Waals surface area contributed by atoms with Crippen LogP contribution >= 0.6 is 34.3 Å². The Balaban J connectivity index is 2.09. The maximum Gasteiger partial charge on any atom is 0.340 e. The van der Waals surface area contributed by atoms with Gasteiger partial charge in [-0.1, -0.05) is 30.3 Å². The van der Waals surface area contributed by atoms with Crippen molar-refractivity contribution in [1.82, 2.24) is 8.75 Å². The highest BCUT2D eigenvalue weighted by atomic mass is 127. The van der Waals surface area contributed by atoms with Crippen molar-refractivity contribution in [2.75, 3.05) is 11.4 Å². The molecule has 0 saturated heterocycles. The highest BCUT2D eigenvalue weighted by molar-refractivity contribution is 14.1. The number of methoxy groups -OCH3 is 1. The molecule has 1 aromatic heterocycles. The number of esters is 1. The van der Waals surface area contributed by atoms with E-state index in [-0.39, 0.29) is 17.1 Å². The van der Waals surface area contributed by atoms with E-state index in [2.05, 4.69) is 31.3 Å². The number of carbonyl (C=O) groups excluding carboxylic acids is 1. The summed E-state index contributed by atoms with van der Waals surface area (Å²) in [5.74, 6) is -0.374. The lowest BCUT2D eigenvalue weighted by Gasteiger charge is -2.21. The largest absolute Gasteiger partial charge is 0.465 e. The highest BCUT2D eigenvalue weighted by Gasteiger charge is 2.27. The first-order valence-corrected chi connectivity index (χ1v) is 10.5. The molecule has 1 atom stereocenters. The van der Waals surface area contributed by atoms with Gasteiger partial charge in [0.05, 0.1) is 30.1 Å². The lowest BCUT2D eigenvalue weighted by molar-refractivity contribution is 0.0601. The molecule has 2 aromatic carbocycles.